The van der Waals surface area contributed by atoms with Crippen LogP contribution in [0.3, 0.4) is 0 Å². The molecule has 0 atom stereocenters. The van der Waals surface area contributed by atoms with Gasteiger partial charge in [-0.2, -0.15) is 0 Å². The summed E-state index contributed by atoms with van der Waals surface area (Å²) in [7, 11) is -3.17. The molecule has 0 aromatic heterocycles. The Kier molecular flexibility index (Phi) is 7.13. The summed E-state index contributed by atoms with van der Waals surface area (Å²) in [6.07, 6.45) is 5.27. The summed E-state index contributed by atoms with van der Waals surface area (Å²) < 4.78 is 36.4. The first-order valence-corrected chi connectivity index (χ1v) is 12.3. The van der Waals surface area contributed by atoms with E-state index in [9.17, 15) is 12.8 Å². The van der Waals surface area contributed by atoms with Gasteiger partial charge in [0.05, 0.1) is 11.4 Å². The Morgan fingerprint density at radius 1 is 1.07 bits per heavy atom. The molecule has 0 amide bonds. The summed E-state index contributed by atoms with van der Waals surface area (Å²) in [6.45, 7) is 4.14. The van der Waals surface area contributed by atoms with Crippen LogP contribution >= 0.6 is 0 Å². The number of nitrogens with zero attached hydrogens (tertiary/aromatic N) is 1. The smallest absolute Gasteiger partial charge is 0.191 e. The Hall–Kier alpha value is -2.41. The lowest BCUT2D eigenvalue weighted by Gasteiger charge is -2.41. The van der Waals surface area contributed by atoms with Gasteiger partial charge in [0, 0.05) is 24.8 Å². The van der Waals surface area contributed by atoms with Crippen molar-refractivity contribution < 1.29 is 12.8 Å². The second-order valence-corrected chi connectivity index (χ2v) is 9.94. The molecule has 2 aromatic rings. The van der Waals surface area contributed by atoms with E-state index < -0.39 is 9.84 Å². The van der Waals surface area contributed by atoms with Gasteiger partial charge in [-0.05, 0) is 61.6 Å². The number of hydrogen-bond acceptors (Lipinski definition) is 3. The van der Waals surface area contributed by atoms with Crippen LogP contribution in [0.2, 0.25) is 0 Å². The molecule has 0 radical (unpaired) electrons. The van der Waals surface area contributed by atoms with Crippen LogP contribution in [0.5, 0.6) is 0 Å². The van der Waals surface area contributed by atoms with Crippen LogP contribution in [0.25, 0.3) is 0 Å². The quantitative estimate of drug-likeness (QED) is 0.496. The van der Waals surface area contributed by atoms with E-state index in [1.807, 2.05) is 31.2 Å². The summed E-state index contributed by atoms with van der Waals surface area (Å²) in [5.74, 6) is 0.551. The molecule has 1 saturated carbocycles. The van der Waals surface area contributed by atoms with Crippen molar-refractivity contribution in [2.75, 3.05) is 25.9 Å². The van der Waals surface area contributed by atoms with Crippen molar-refractivity contribution in [1.29, 1.82) is 0 Å². The zero-order valence-corrected chi connectivity index (χ0v) is 18.4. The van der Waals surface area contributed by atoms with E-state index in [0.717, 1.165) is 42.9 Å². The van der Waals surface area contributed by atoms with E-state index in [2.05, 4.69) is 10.6 Å². The summed E-state index contributed by atoms with van der Waals surface area (Å²) >= 11 is 0. The number of benzene rings is 2. The van der Waals surface area contributed by atoms with E-state index in [4.69, 9.17) is 4.99 Å². The van der Waals surface area contributed by atoms with Crippen molar-refractivity contribution in [3.8, 4) is 0 Å². The third kappa shape index (κ3) is 5.59. The fourth-order valence-electron chi connectivity index (χ4n) is 3.75. The molecule has 1 fully saturated rings. The van der Waals surface area contributed by atoms with Gasteiger partial charge in [-0.15, -0.1) is 0 Å². The average Bonchev–Trinajstić information content (AvgIpc) is 2.68. The molecule has 2 aromatic carbocycles. The molecule has 0 unspecified atom stereocenters. The van der Waals surface area contributed by atoms with Crippen molar-refractivity contribution in [3.05, 3.63) is 65.5 Å². The Labute approximate surface area is 178 Å². The molecule has 0 heterocycles. The first-order valence-electron chi connectivity index (χ1n) is 10.4. The summed E-state index contributed by atoms with van der Waals surface area (Å²) in [4.78, 5) is 5.14. The predicted molar refractivity (Wildman–Crippen MR) is 119 cm³/mol. The van der Waals surface area contributed by atoms with E-state index in [1.165, 1.54) is 24.8 Å². The second-order valence-electron chi connectivity index (χ2n) is 7.93. The molecule has 7 heteroatoms. The normalized spacial score (nSPS) is 16.0. The van der Waals surface area contributed by atoms with Crippen molar-refractivity contribution in [1.82, 2.24) is 10.6 Å². The molecule has 0 saturated heterocycles. The largest absolute Gasteiger partial charge is 0.357 e. The lowest BCUT2D eigenvalue weighted by molar-refractivity contribution is 0.253. The molecule has 0 spiro atoms. The van der Waals surface area contributed by atoms with E-state index in [0.29, 0.717) is 18.0 Å². The zero-order chi connectivity index (χ0) is 21.6. The molecule has 3 rings (SSSR count). The average molecular weight is 432 g/mol. The molecular formula is C23H30FN3O2S. The molecule has 30 heavy (non-hydrogen) atoms. The van der Waals surface area contributed by atoms with E-state index >= 15 is 0 Å². The maximum absolute atomic E-state index is 13.3. The van der Waals surface area contributed by atoms with Crippen LogP contribution in [0.4, 0.5) is 4.39 Å². The number of halogens is 1. The van der Waals surface area contributed by atoms with Crippen molar-refractivity contribution >= 4 is 15.8 Å². The SMILES string of the molecule is CCNC(=NCC1(c2ccc(F)cc2)CCC1)NCCc1ccc(S(C)(=O)=O)cc1. The molecule has 2 N–H and O–H groups in total. The number of hydrogen-bond donors (Lipinski definition) is 2. The Bertz CT molecular complexity index is 967. The third-order valence-corrected chi connectivity index (χ3v) is 6.84. The fourth-order valence-corrected chi connectivity index (χ4v) is 4.38. The first kappa shape index (κ1) is 22.3. The number of guanidine groups is 1. The van der Waals surface area contributed by atoms with Gasteiger partial charge >= 0.3 is 0 Å². The summed E-state index contributed by atoms with van der Waals surface area (Å²) in [5.41, 5.74) is 2.21. The molecular weight excluding hydrogens is 401 g/mol. The van der Waals surface area contributed by atoms with Crippen LogP contribution in [-0.4, -0.2) is 40.3 Å². The minimum atomic E-state index is -3.17. The monoisotopic (exact) mass is 431 g/mol. The zero-order valence-electron chi connectivity index (χ0n) is 17.6. The minimum absolute atomic E-state index is 0.00245. The molecule has 5 nitrogen and oxygen atoms in total. The Morgan fingerprint density at radius 3 is 2.27 bits per heavy atom. The van der Waals surface area contributed by atoms with Crippen LogP contribution in [0, 0.1) is 5.82 Å². The standard InChI is InChI=1S/C23H30FN3O2S/c1-3-25-22(26-16-13-18-5-11-21(12-6-18)30(2,28)29)27-17-23(14-4-15-23)19-7-9-20(24)10-8-19/h5-12H,3-4,13-17H2,1-2H3,(H2,25,26,27). The summed E-state index contributed by atoms with van der Waals surface area (Å²) in [6, 6.07) is 13.8. The van der Waals surface area contributed by atoms with Gasteiger partial charge in [0.15, 0.2) is 15.8 Å². The van der Waals surface area contributed by atoms with Gasteiger partial charge in [-0.1, -0.05) is 30.7 Å². The molecule has 1 aliphatic rings. The lowest BCUT2D eigenvalue weighted by atomic mass is 9.64. The van der Waals surface area contributed by atoms with Crippen LogP contribution in [0.1, 0.15) is 37.3 Å². The maximum Gasteiger partial charge on any atom is 0.191 e. The topological polar surface area (TPSA) is 70.6 Å². The number of rotatable bonds is 8. The fraction of sp³-hybridized carbons (Fsp3) is 0.435. The number of sulfone groups is 1. The van der Waals surface area contributed by atoms with Gasteiger partial charge in [-0.3, -0.25) is 4.99 Å². The Morgan fingerprint density at radius 2 is 1.73 bits per heavy atom. The number of nitrogens with one attached hydrogen (secondary N) is 2. The highest BCUT2D eigenvalue weighted by molar-refractivity contribution is 7.90. The van der Waals surface area contributed by atoms with E-state index in [1.54, 1.807) is 12.1 Å². The lowest BCUT2D eigenvalue weighted by Crippen LogP contribution is -2.42. The van der Waals surface area contributed by atoms with Crippen LogP contribution in [0.15, 0.2) is 58.4 Å². The second kappa shape index (κ2) is 9.60. The van der Waals surface area contributed by atoms with Gasteiger partial charge in [-0.25, -0.2) is 12.8 Å². The van der Waals surface area contributed by atoms with Crippen LogP contribution in [-0.2, 0) is 21.7 Å². The highest BCUT2D eigenvalue weighted by atomic mass is 32.2. The molecule has 162 valence electrons. The van der Waals surface area contributed by atoms with E-state index in [-0.39, 0.29) is 11.2 Å². The van der Waals surface area contributed by atoms with Crippen molar-refractivity contribution in [2.45, 2.75) is 42.9 Å². The predicted octanol–water partition coefficient (Wildman–Crippen LogP) is 3.45. The number of aliphatic imine (C=N–C) groups is 1. The van der Waals surface area contributed by atoms with Crippen LogP contribution < -0.4 is 10.6 Å². The van der Waals surface area contributed by atoms with Gasteiger partial charge < -0.3 is 10.6 Å². The molecule has 1 aliphatic carbocycles. The highest BCUT2D eigenvalue weighted by Crippen LogP contribution is 2.44. The molecule has 0 aliphatic heterocycles. The summed E-state index contributed by atoms with van der Waals surface area (Å²) in [5, 5.41) is 6.63. The molecule has 0 bridgehead atoms. The van der Waals surface area contributed by atoms with Crippen molar-refractivity contribution in [3.63, 3.8) is 0 Å². The third-order valence-electron chi connectivity index (χ3n) is 5.71. The van der Waals surface area contributed by atoms with Gasteiger partial charge in [0.1, 0.15) is 5.82 Å². The maximum atomic E-state index is 13.3. The van der Waals surface area contributed by atoms with Gasteiger partial charge in [0.25, 0.3) is 0 Å². The highest BCUT2D eigenvalue weighted by Gasteiger charge is 2.38. The first-order chi connectivity index (χ1) is 14.3. The minimum Gasteiger partial charge on any atom is -0.357 e. The van der Waals surface area contributed by atoms with Crippen molar-refractivity contribution in [2.24, 2.45) is 4.99 Å². The van der Waals surface area contributed by atoms with Gasteiger partial charge in [0.2, 0.25) is 0 Å². The Balaban J connectivity index is 1.60.